The van der Waals surface area contributed by atoms with Gasteiger partial charge in [-0.15, -0.1) is 0 Å². The molecule has 0 aliphatic carbocycles. The number of ketones is 1. The Labute approximate surface area is 149 Å². The molecule has 128 valence electrons. The molecule has 0 saturated carbocycles. The van der Waals surface area contributed by atoms with Crippen LogP contribution in [0.3, 0.4) is 0 Å². The van der Waals surface area contributed by atoms with Gasteiger partial charge in [0.25, 0.3) is 0 Å². The fourth-order valence-electron chi connectivity index (χ4n) is 2.69. The minimum atomic E-state index is -0.206. The fraction of sp³-hybridized carbons (Fsp3) is 0.261. The number of carbonyl (C=O) groups excluding carboxylic acids is 2. The Balaban J connectivity index is 1.69. The van der Waals surface area contributed by atoms with E-state index in [0.29, 0.717) is 6.42 Å². The fourth-order valence-corrected chi connectivity index (χ4v) is 2.69. The SMILES string of the molecule is O=C=C(CCCCc1ccccc1)C(=O)/C=C/CCc1ccccc1. The second-order valence-corrected chi connectivity index (χ2v) is 6.06. The van der Waals surface area contributed by atoms with E-state index in [1.165, 1.54) is 17.2 Å². The van der Waals surface area contributed by atoms with Crippen molar-refractivity contribution in [2.45, 2.75) is 38.5 Å². The summed E-state index contributed by atoms with van der Waals surface area (Å²) in [5.41, 5.74) is 2.78. The van der Waals surface area contributed by atoms with Gasteiger partial charge in [0, 0.05) is 0 Å². The van der Waals surface area contributed by atoms with E-state index < -0.39 is 0 Å². The second kappa shape index (κ2) is 11.0. The van der Waals surface area contributed by atoms with Crippen molar-refractivity contribution in [3.8, 4) is 0 Å². The molecule has 2 aromatic rings. The Bertz CT molecular complexity index is 723. The molecule has 2 heteroatoms. The number of rotatable bonds is 10. The molecule has 0 saturated heterocycles. The van der Waals surface area contributed by atoms with E-state index >= 15 is 0 Å². The van der Waals surface area contributed by atoms with Crippen LogP contribution < -0.4 is 0 Å². The Morgan fingerprint density at radius 1 is 0.840 bits per heavy atom. The van der Waals surface area contributed by atoms with E-state index in [0.717, 1.165) is 32.1 Å². The van der Waals surface area contributed by atoms with E-state index in [-0.39, 0.29) is 11.4 Å². The van der Waals surface area contributed by atoms with Gasteiger partial charge >= 0.3 is 0 Å². The monoisotopic (exact) mass is 332 g/mol. The minimum Gasteiger partial charge on any atom is -0.289 e. The van der Waals surface area contributed by atoms with Gasteiger partial charge in [0.15, 0.2) is 5.78 Å². The van der Waals surface area contributed by atoms with Crippen LogP contribution in [0.5, 0.6) is 0 Å². The molecular formula is C23H24O2. The molecule has 25 heavy (non-hydrogen) atoms. The maximum atomic E-state index is 12.1. The normalized spacial score (nSPS) is 10.6. The van der Waals surface area contributed by atoms with Gasteiger partial charge in [-0.05, 0) is 55.7 Å². The summed E-state index contributed by atoms with van der Waals surface area (Å²) >= 11 is 0. The van der Waals surface area contributed by atoms with Crippen LogP contribution in [-0.2, 0) is 22.4 Å². The third kappa shape index (κ3) is 7.15. The molecule has 0 amide bonds. The van der Waals surface area contributed by atoms with Gasteiger partial charge in [-0.3, -0.25) is 4.79 Å². The third-order valence-corrected chi connectivity index (χ3v) is 4.12. The Kier molecular flexibility index (Phi) is 8.17. The van der Waals surface area contributed by atoms with Gasteiger partial charge < -0.3 is 0 Å². The minimum absolute atomic E-state index is 0.206. The molecule has 0 aliphatic heterocycles. The van der Waals surface area contributed by atoms with Crippen LogP contribution in [0.1, 0.15) is 36.8 Å². The highest BCUT2D eigenvalue weighted by Crippen LogP contribution is 2.11. The van der Waals surface area contributed by atoms with E-state index in [9.17, 15) is 9.59 Å². The van der Waals surface area contributed by atoms with Gasteiger partial charge in [-0.2, -0.15) is 0 Å². The van der Waals surface area contributed by atoms with Gasteiger partial charge in [-0.1, -0.05) is 66.7 Å². The Morgan fingerprint density at radius 2 is 1.44 bits per heavy atom. The summed E-state index contributed by atoms with van der Waals surface area (Å²) in [4.78, 5) is 23.1. The summed E-state index contributed by atoms with van der Waals surface area (Å²) in [6.07, 6.45) is 8.28. The highest BCUT2D eigenvalue weighted by molar-refractivity contribution is 6.09. The molecule has 0 atom stereocenters. The zero-order valence-electron chi connectivity index (χ0n) is 14.5. The lowest BCUT2D eigenvalue weighted by molar-refractivity contribution is -0.111. The molecule has 0 heterocycles. The largest absolute Gasteiger partial charge is 0.289 e. The highest BCUT2D eigenvalue weighted by Gasteiger charge is 2.07. The number of aryl methyl sites for hydroxylation is 2. The molecule has 2 aromatic carbocycles. The van der Waals surface area contributed by atoms with Crippen molar-refractivity contribution >= 4 is 11.7 Å². The first-order valence-electron chi connectivity index (χ1n) is 8.82. The van der Waals surface area contributed by atoms with Crippen molar-refractivity contribution in [2.75, 3.05) is 0 Å². The van der Waals surface area contributed by atoms with Crippen molar-refractivity contribution < 1.29 is 9.59 Å². The van der Waals surface area contributed by atoms with E-state index in [4.69, 9.17) is 0 Å². The van der Waals surface area contributed by atoms with Crippen molar-refractivity contribution in [1.82, 2.24) is 0 Å². The average molecular weight is 332 g/mol. The summed E-state index contributed by atoms with van der Waals surface area (Å²) in [7, 11) is 0. The molecule has 0 unspecified atom stereocenters. The van der Waals surface area contributed by atoms with Crippen molar-refractivity contribution in [1.29, 1.82) is 0 Å². The van der Waals surface area contributed by atoms with Crippen LogP contribution in [0.15, 0.2) is 78.4 Å². The second-order valence-electron chi connectivity index (χ2n) is 6.06. The molecular weight excluding hydrogens is 308 g/mol. The van der Waals surface area contributed by atoms with E-state index in [1.807, 2.05) is 48.4 Å². The molecule has 2 rings (SSSR count). The lowest BCUT2D eigenvalue weighted by Crippen LogP contribution is -2.00. The summed E-state index contributed by atoms with van der Waals surface area (Å²) in [5.74, 6) is 1.62. The first-order valence-corrected chi connectivity index (χ1v) is 8.82. The number of hydrogen-bond donors (Lipinski definition) is 0. The quantitative estimate of drug-likeness (QED) is 0.352. The van der Waals surface area contributed by atoms with E-state index in [2.05, 4.69) is 24.3 Å². The number of unbranched alkanes of at least 4 members (excludes halogenated alkanes) is 1. The first kappa shape index (κ1) is 18.6. The van der Waals surface area contributed by atoms with Crippen LogP contribution in [0.2, 0.25) is 0 Å². The summed E-state index contributed by atoms with van der Waals surface area (Å²) in [6, 6.07) is 20.4. The van der Waals surface area contributed by atoms with Crippen LogP contribution in [-0.4, -0.2) is 11.7 Å². The number of benzene rings is 2. The zero-order valence-corrected chi connectivity index (χ0v) is 14.5. The molecule has 0 aliphatic rings. The standard InChI is InChI=1S/C23H24O2/c24-19-22(17-9-7-15-20-11-3-1-4-12-20)23(25)18-10-8-16-21-13-5-2-6-14-21/h1-6,10-14,18H,7-9,15-17H2/b18-10+. The van der Waals surface area contributed by atoms with Crippen molar-refractivity contribution in [3.05, 3.63) is 89.5 Å². The summed E-state index contributed by atoms with van der Waals surface area (Å²) < 4.78 is 0. The highest BCUT2D eigenvalue weighted by atomic mass is 16.1. The Hall–Kier alpha value is -2.70. The number of allylic oxidation sites excluding steroid dienone is 3. The van der Waals surface area contributed by atoms with Gasteiger partial charge in [-0.25, -0.2) is 4.79 Å². The molecule has 0 spiro atoms. The van der Waals surface area contributed by atoms with Gasteiger partial charge in [0.05, 0.1) is 5.57 Å². The molecule has 0 bridgehead atoms. The van der Waals surface area contributed by atoms with Gasteiger partial charge in [0.1, 0.15) is 5.94 Å². The average Bonchev–Trinajstić information content (AvgIpc) is 2.67. The topological polar surface area (TPSA) is 34.1 Å². The maximum absolute atomic E-state index is 12.1. The molecule has 0 radical (unpaired) electrons. The van der Waals surface area contributed by atoms with Crippen molar-refractivity contribution in [2.24, 2.45) is 0 Å². The maximum Gasteiger partial charge on any atom is 0.192 e. The van der Waals surface area contributed by atoms with E-state index in [1.54, 1.807) is 0 Å². The molecule has 0 fully saturated rings. The summed E-state index contributed by atoms with van der Waals surface area (Å²) in [6.45, 7) is 0. The molecule has 2 nitrogen and oxygen atoms in total. The predicted octanol–water partition coefficient (Wildman–Crippen LogP) is 4.92. The predicted molar refractivity (Wildman–Crippen MR) is 102 cm³/mol. The third-order valence-electron chi connectivity index (χ3n) is 4.12. The Morgan fingerprint density at radius 3 is 2.04 bits per heavy atom. The lowest BCUT2D eigenvalue weighted by Gasteiger charge is -2.02. The summed E-state index contributed by atoms with van der Waals surface area (Å²) in [5, 5.41) is 0. The van der Waals surface area contributed by atoms with Crippen LogP contribution in [0.25, 0.3) is 0 Å². The zero-order chi connectivity index (χ0) is 17.7. The number of carbonyl (C=O) groups is 1. The van der Waals surface area contributed by atoms with Gasteiger partial charge in [0.2, 0.25) is 0 Å². The van der Waals surface area contributed by atoms with Crippen LogP contribution in [0.4, 0.5) is 0 Å². The number of hydrogen-bond acceptors (Lipinski definition) is 2. The molecule has 0 N–H and O–H groups in total. The van der Waals surface area contributed by atoms with Crippen LogP contribution in [0, 0.1) is 0 Å². The smallest absolute Gasteiger partial charge is 0.192 e. The van der Waals surface area contributed by atoms with Crippen molar-refractivity contribution in [3.63, 3.8) is 0 Å². The van der Waals surface area contributed by atoms with Crippen LogP contribution >= 0.6 is 0 Å². The first-order chi connectivity index (χ1) is 12.3. The molecule has 0 aromatic heterocycles. The lowest BCUT2D eigenvalue weighted by atomic mass is 10.0.